The Morgan fingerprint density at radius 3 is 2.52 bits per heavy atom. The van der Waals surface area contributed by atoms with Gasteiger partial charge in [-0.05, 0) is 69.6 Å². The summed E-state index contributed by atoms with van der Waals surface area (Å²) in [6.45, 7) is 8.70. The zero-order valence-electron chi connectivity index (χ0n) is 16.9. The van der Waals surface area contributed by atoms with Crippen LogP contribution in [0.15, 0.2) is 24.3 Å². The number of carbonyl (C=O) groups is 2. The van der Waals surface area contributed by atoms with Crippen molar-refractivity contribution >= 4 is 17.6 Å². The maximum absolute atomic E-state index is 12.3. The molecule has 0 heterocycles. The zero-order valence-corrected chi connectivity index (χ0v) is 16.9. The summed E-state index contributed by atoms with van der Waals surface area (Å²) in [6.07, 6.45) is 4.09. The molecular formula is C21H33N3O3. The quantitative estimate of drug-likeness (QED) is 0.588. The Kier molecular flexibility index (Phi) is 6.87. The molecule has 1 atom stereocenters. The minimum Gasteiger partial charge on any atom is -0.396 e. The van der Waals surface area contributed by atoms with Gasteiger partial charge in [-0.2, -0.15) is 0 Å². The molecule has 2 rings (SSSR count). The van der Waals surface area contributed by atoms with Gasteiger partial charge in [0.25, 0.3) is 5.91 Å². The van der Waals surface area contributed by atoms with Crippen molar-refractivity contribution in [1.29, 1.82) is 0 Å². The number of urea groups is 1. The molecule has 6 nitrogen and oxygen atoms in total. The average Bonchev–Trinajstić information content (AvgIpc) is 2.52. The Balaban J connectivity index is 1.92. The SMILES string of the molecule is C[C@@H](CCO)C1(CNC(=O)Nc2cccc(C(=O)NC(C)(C)C)c2)CCC1. The van der Waals surface area contributed by atoms with Gasteiger partial charge >= 0.3 is 6.03 Å². The van der Waals surface area contributed by atoms with Gasteiger partial charge in [0.1, 0.15) is 0 Å². The van der Waals surface area contributed by atoms with Crippen molar-refractivity contribution in [3.63, 3.8) is 0 Å². The van der Waals surface area contributed by atoms with E-state index in [0.29, 0.717) is 23.7 Å². The highest BCUT2D eigenvalue weighted by molar-refractivity contribution is 5.97. The summed E-state index contributed by atoms with van der Waals surface area (Å²) in [7, 11) is 0. The third-order valence-corrected chi connectivity index (χ3v) is 5.43. The average molecular weight is 376 g/mol. The van der Waals surface area contributed by atoms with E-state index in [2.05, 4.69) is 22.9 Å². The smallest absolute Gasteiger partial charge is 0.319 e. The topological polar surface area (TPSA) is 90.5 Å². The Morgan fingerprint density at radius 1 is 1.26 bits per heavy atom. The fraction of sp³-hybridized carbons (Fsp3) is 0.619. The number of rotatable bonds is 7. The summed E-state index contributed by atoms with van der Waals surface area (Å²) in [5.41, 5.74) is 0.865. The second-order valence-electron chi connectivity index (χ2n) is 8.72. The number of carbonyl (C=O) groups excluding carboxylic acids is 2. The molecule has 0 aromatic heterocycles. The standard InChI is InChI=1S/C21H33N3O3/c1-15(9-12-25)21(10-6-11-21)14-22-19(27)23-17-8-5-7-16(13-17)18(26)24-20(2,3)4/h5,7-8,13,15,25H,6,9-12,14H2,1-4H3,(H,24,26)(H2,22,23,27)/t15-/m0/s1. The van der Waals surface area contributed by atoms with Crippen LogP contribution in [0.2, 0.25) is 0 Å². The van der Waals surface area contributed by atoms with Crippen molar-refractivity contribution in [3.05, 3.63) is 29.8 Å². The first-order chi connectivity index (χ1) is 12.6. The molecule has 3 amide bonds. The highest BCUT2D eigenvalue weighted by Gasteiger charge is 2.41. The predicted molar refractivity (Wildman–Crippen MR) is 108 cm³/mol. The third kappa shape index (κ3) is 5.96. The van der Waals surface area contributed by atoms with Gasteiger partial charge in [-0.1, -0.05) is 19.4 Å². The van der Waals surface area contributed by atoms with Gasteiger partial charge in [0.05, 0.1) is 0 Å². The molecule has 0 aliphatic heterocycles. The molecule has 1 aromatic carbocycles. The van der Waals surface area contributed by atoms with Crippen LogP contribution in [-0.2, 0) is 0 Å². The Labute approximate surface area is 162 Å². The Hall–Kier alpha value is -2.08. The van der Waals surface area contributed by atoms with Crippen LogP contribution >= 0.6 is 0 Å². The fourth-order valence-electron chi connectivity index (χ4n) is 3.56. The molecule has 0 radical (unpaired) electrons. The largest absolute Gasteiger partial charge is 0.396 e. The van der Waals surface area contributed by atoms with Crippen LogP contribution in [0.5, 0.6) is 0 Å². The van der Waals surface area contributed by atoms with Crippen LogP contribution in [-0.4, -0.2) is 35.7 Å². The van der Waals surface area contributed by atoms with E-state index < -0.39 is 0 Å². The summed E-state index contributed by atoms with van der Waals surface area (Å²) < 4.78 is 0. The monoisotopic (exact) mass is 375 g/mol. The first-order valence-electron chi connectivity index (χ1n) is 9.73. The van der Waals surface area contributed by atoms with E-state index in [4.69, 9.17) is 0 Å². The summed E-state index contributed by atoms with van der Waals surface area (Å²) >= 11 is 0. The summed E-state index contributed by atoms with van der Waals surface area (Å²) in [4.78, 5) is 24.6. The van der Waals surface area contributed by atoms with Crippen molar-refractivity contribution in [2.24, 2.45) is 11.3 Å². The molecule has 1 aromatic rings. The van der Waals surface area contributed by atoms with Crippen molar-refractivity contribution in [2.45, 2.75) is 58.9 Å². The third-order valence-electron chi connectivity index (χ3n) is 5.43. The minimum absolute atomic E-state index is 0.0918. The number of aliphatic hydroxyl groups excluding tert-OH is 1. The fourth-order valence-corrected chi connectivity index (χ4v) is 3.56. The van der Waals surface area contributed by atoms with E-state index in [1.807, 2.05) is 20.8 Å². The molecule has 0 bridgehead atoms. The molecule has 1 aliphatic rings. The summed E-state index contributed by atoms with van der Waals surface area (Å²) in [5.74, 6) is 0.207. The van der Waals surface area contributed by atoms with Gasteiger partial charge in [0.15, 0.2) is 0 Å². The molecule has 0 spiro atoms. The number of nitrogens with one attached hydrogen (secondary N) is 3. The molecule has 150 valence electrons. The minimum atomic E-state index is -0.319. The zero-order chi connectivity index (χ0) is 20.1. The Bertz CT molecular complexity index is 663. The van der Waals surface area contributed by atoms with Gasteiger partial charge in [-0.15, -0.1) is 0 Å². The van der Waals surface area contributed by atoms with Gasteiger partial charge in [-0.3, -0.25) is 4.79 Å². The molecule has 0 unspecified atom stereocenters. The van der Waals surface area contributed by atoms with Crippen LogP contribution in [0, 0.1) is 11.3 Å². The maximum Gasteiger partial charge on any atom is 0.319 e. The van der Waals surface area contributed by atoms with Gasteiger partial charge in [0.2, 0.25) is 0 Å². The first-order valence-corrected chi connectivity index (χ1v) is 9.73. The van der Waals surface area contributed by atoms with E-state index >= 15 is 0 Å². The number of benzene rings is 1. The molecular weight excluding hydrogens is 342 g/mol. The second-order valence-corrected chi connectivity index (χ2v) is 8.72. The molecule has 1 saturated carbocycles. The van der Waals surface area contributed by atoms with Gasteiger partial charge in [-0.25, -0.2) is 4.79 Å². The first kappa shape index (κ1) is 21.2. The molecule has 1 aliphatic carbocycles. The van der Waals surface area contributed by atoms with Crippen LogP contribution in [0.3, 0.4) is 0 Å². The number of anilines is 1. The van der Waals surface area contributed by atoms with Crippen molar-refractivity contribution < 1.29 is 14.7 Å². The lowest BCUT2D eigenvalue weighted by atomic mass is 9.60. The number of hydrogen-bond acceptors (Lipinski definition) is 3. The molecule has 4 N–H and O–H groups in total. The van der Waals surface area contributed by atoms with E-state index in [-0.39, 0.29) is 29.5 Å². The lowest BCUT2D eigenvalue weighted by Gasteiger charge is -2.46. The summed E-state index contributed by atoms with van der Waals surface area (Å²) in [6, 6.07) is 6.65. The van der Waals surface area contributed by atoms with E-state index in [1.165, 1.54) is 6.42 Å². The molecule has 0 saturated heterocycles. The second kappa shape index (κ2) is 8.74. The molecule has 6 heteroatoms. The highest BCUT2D eigenvalue weighted by atomic mass is 16.3. The van der Waals surface area contributed by atoms with Gasteiger partial charge in [0, 0.05) is 29.9 Å². The van der Waals surface area contributed by atoms with Crippen LogP contribution < -0.4 is 16.0 Å². The van der Waals surface area contributed by atoms with Crippen molar-refractivity contribution in [2.75, 3.05) is 18.5 Å². The molecule has 1 fully saturated rings. The van der Waals surface area contributed by atoms with Crippen LogP contribution in [0.25, 0.3) is 0 Å². The van der Waals surface area contributed by atoms with Gasteiger partial charge < -0.3 is 21.1 Å². The Morgan fingerprint density at radius 2 is 1.96 bits per heavy atom. The van der Waals surface area contributed by atoms with Crippen LogP contribution in [0.1, 0.15) is 63.7 Å². The van der Waals surface area contributed by atoms with E-state index in [0.717, 1.165) is 19.3 Å². The lowest BCUT2D eigenvalue weighted by Crippen LogP contribution is -2.47. The number of amides is 3. The number of hydrogen-bond donors (Lipinski definition) is 4. The maximum atomic E-state index is 12.3. The van der Waals surface area contributed by atoms with E-state index in [9.17, 15) is 14.7 Å². The van der Waals surface area contributed by atoms with Crippen molar-refractivity contribution in [3.8, 4) is 0 Å². The van der Waals surface area contributed by atoms with Crippen molar-refractivity contribution in [1.82, 2.24) is 10.6 Å². The van der Waals surface area contributed by atoms with E-state index in [1.54, 1.807) is 24.3 Å². The number of aliphatic hydroxyl groups is 1. The lowest BCUT2D eigenvalue weighted by molar-refractivity contribution is 0.0462. The predicted octanol–water partition coefficient (Wildman–Crippen LogP) is 3.53. The normalized spacial score (nSPS) is 16.8. The highest BCUT2D eigenvalue weighted by Crippen LogP contribution is 2.47. The molecule has 27 heavy (non-hydrogen) atoms. The van der Waals surface area contributed by atoms with Crippen LogP contribution in [0.4, 0.5) is 10.5 Å². The summed E-state index contributed by atoms with van der Waals surface area (Å²) in [5, 5.41) is 17.9.